The summed E-state index contributed by atoms with van der Waals surface area (Å²) in [7, 11) is -2.22. The number of fused-ring (bicyclic) bond motifs is 1. The van der Waals surface area contributed by atoms with E-state index in [1.54, 1.807) is 27.4 Å². The van der Waals surface area contributed by atoms with E-state index in [1.807, 2.05) is 30.3 Å². The van der Waals surface area contributed by atoms with Gasteiger partial charge in [0.25, 0.3) is 0 Å². The van der Waals surface area contributed by atoms with E-state index in [2.05, 4.69) is 4.90 Å². The number of sulfonamides is 1. The first kappa shape index (κ1) is 19.7. The van der Waals surface area contributed by atoms with Gasteiger partial charge in [-0.3, -0.25) is 4.90 Å². The summed E-state index contributed by atoms with van der Waals surface area (Å²) in [5.74, 6) is 0. The van der Waals surface area contributed by atoms with Crippen molar-refractivity contribution in [2.24, 2.45) is 0 Å². The Labute approximate surface area is 171 Å². The van der Waals surface area contributed by atoms with Crippen molar-refractivity contribution >= 4 is 27.5 Å². The smallest absolute Gasteiger partial charge is 0.414 e. The number of ether oxygens (including phenoxy) is 1. The summed E-state index contributed by atoms with van der Waals surface area (Å²) in [6, 6.07) is 15.1. The van der Waals surface area contributed by atoms with Gasteiger partial charge < -0.3 is 9.64 Å². The minimum atomic E-state index is -3.57. The Morgan fingerprint density at radius 1 is 0.966 bits per heavy atom. The number of carbonyl (C=O) groups excluding carboxylic acids is 1. The maximum absolute atomic E-state index is 13.2. The van der Waals surface area contributed by atoms with Crippen LogP contribution >= 0.6 is 0 Å². The summed E-state index contributed by atoms with van der Waals surface area (Å²) < 4.78 is 32.8. The Hall–Kier alpha value is -2.58. The number of piperazine rings is 1. The van der Waals surface area contributed by atoms with Crippen molar-refractivity contribution in [3.63, 3.8) is 0 Å². The lowest BCUT2D eigenvalue weighted by Gasteiger charge is -2.35. The number of nitrogens with zero attached hydrogens (tertiary/aromatic N) is 3. The molecular formula is C21H25N3O4S. The molecule has 7 nitrogen and oxygen atoms in total. The van der Waals surface area contributed by atoms with Gasteiger partial charge in [-0.05, 0) is 48.7 Å². The molecule has 0 N–H and O–H groups in total. The first-order valence-corrected chi connectivity index (χ1v) is 11.2. The summed E-state index contributed by atoms with van der Waals surface area (Å²) in [5.41, 5.74) is 2.71. The Morgan fingerprint density at radius 2 is 1.69 bits per heavy atom. The van der Waals surface area contributed by atoms with Gasteiger partial charge in [-0.25, -0.2) is 13.2 Å². The maximum Gasteiger partial charge on any atom is 0.414 e. The van der Waals surface area contributed by atoms with Crippen molar-refractivity contribution in [3.05, 3.63) is 54.1 Å². The first-order valence-electron chi connectivity index (χ1n) is 9.79. The molecular weight excluding hydrogens is 390 g/mol. The monoisotopic (exact) mass is 415 g/mol. The Balaban J connectivity index is 1.52. The molecule has 0 spiro atoms. The summed E-state index contributed by atoms with van der Waals surface area (Å²) in [4.78, 5) is 16.0. The van der Waals surface area contributed by atoms with E-state index in [4.69, 9.17) is 4.74 Å². The van der Waals surface area contributed by atoms with Gasteiger partial charge >= 0.3 is 6.09 Å². The Bertz CT molecular complexity index is 986. The van der Waals surface area contributed by atoms with Crippen LogP contribution in [-0.4, -0.2) is 58.6 Å². The minimum Gasteiger partial charge on any atom is -0.452 e. The van der Waals surface area contributed by atoms with Crippen LogP contribution in [0.15, 0.2) is 53.4 Å². The Morgan fingerprint density at radius 3 is 2.38 bits per heavy atom. The molecule has 0 radical (unpaired) electrons. The van der Waals surface area contributed by atoms with Crippen LogP contribution in [0, 0.1) is 0 Å². The van der Waals surface area contributed by atoms with Crippen molar-refractivity contribution < 1.29 is 17.9 Å². The number of aryl methyl sites for hydroxylation is 1. The highest BCUT2D eigenvalue weighted by molar-refractivity contribution is 7.89. The number of carbonyl (C=O) groups is 1. The normalized spacial score (nSPS) is 17.7. The fourth-order valence-corrected chi connectivity index (χ4v) is 5.48. The van der Waals surface area contributed by atoms with Gasteiger partial charge in [-0.2, -0.15) is 4.31 Å². The first-order chi connectivity index (χ1) is 14.0. The number of methoxy groups -OCH3 is 1. The second-order valence-corrected chi connectivity index (χ2v) is 9.18. The van der Waals surface area contributed by atoms with E-state index >= 15 is 0 Å². The molecule has 2 aromatic rings. The van der Waals surface area contributed by atoms with Gasteiger partial charge in [0.1, 0.15) is 0 Å². The number of benzene rings is 2. The number of rotatable bonds is 3. The van der Waals surface area contributed by atoms with Crippen LogP contribution in [0.3, 0.4) is 0 Å². The standard InChI is InChI=1S/C21H25N3O4S/c1-28-21(25)24-11-5-6-17-16-19(9-10-20(17)24)29(26,27)23-14-12-22(13-15-23)18-7-3-2-4-8-18/h2-4,7-10,16H,5-6,11-15H2,1H3. The molecule has 0 bridgehead atoms. The molecule has 0 unspecified atom stereocenters. The molecule has 0 saturated carbocycles. The molecule has 1 fully saturated rings. The zero-order valence-corrected chi connectivity index (χ0v) is 17.3. The van der Waals surface area contributed by atoms with Crippen molar-refractivity contribution in [2.75, 3.05) is 49.6 Å². The Kier molecular flexibility index (Phi) is 5.47. The van der Waals surface area contributed by atoms with Gasteiger partial charge in [0.2, 0.25) is 10.0 Å². The van der Waals surface area contributed by atoms with Crippen LogP contribution in [0.5, 0.6) is 0 Å². The number of hydrogen-bond donors (Lipinski definition) is 0. The summed E-state index contributed by atoms with van der Waals surface area (Å²) >= 11 is 0. The van der Waals surface area contributed by atoms with E-state index in [9.17, 15) is 13.2 Å². The topological polar surface area (TPSA) is 70.2 Å². The third kappa shape index (κ3) is 3.82. The lowest BCUT2D eigenvalue weighted by atomic mass is 10.0. The third-order valence-corrected chi connectivity index (χ3v) is 7.46. The molecule has 2 heterocycles. The SMILES string of the molecule is COC(=O)N1CCCc2cc(S(=O)(=O)N3CCN(c4ccccc4)CC3)ccc21. The highest BCUT2D eigenvalue weighted by atomic mass is 32.2. The molecule has 1 saturated heterocycles. The average molecular weight is 416 g/mol. The van der Waals surface area contributed by atoms with E-state index in [0.29, 0.717) is 32.7 Å². The quantitative estimate of drug-likeness (QED) is 0.771. The molecule has 2 aromatic carbocycles. The van der Waals surface area contributed by atoms with E-state index in [-0.39, 0.29) is 4.90 Å². The summed E-state index contributed by atoms with van der Waals surface area (Å²) in [5, 5.41) is 0. The highest BCUT2D eigenvalue weighted by Gasteiger charge is 2.30. The van der Waals surface area contributed by atoms with Gasteiger partial charge in [0.05, 0.1) is 17.7 Å². The summed E-state index contributed by atoms with van der Waals surface area (Å²) in [6.45, 7) is 2.78. The van der Waals surface area contributed by atoms with Gasteiger partial charge in [-0.1, -0.05) is 18.2 Å². The molecule has 0 aromatic heterocycles. The summed E-state index contributed by atoms with van der Waals surface area (Å²) in [6.07, 6.45) is 1.11. The predicted octanol–water partition coefficient (Wildman–Crippen LogP) is 2.72. The number of anilines is 2. The molecule has 1 amide bonds. The zero-order chi connectivity index (χ0) is 20.4. The lowest BCUT2D eigenvalue weighted by Crippen LogP contribution is -2.48. The predicted molar refractivity (Wildman–Crippen MR) is 112 cm³/mol. The van der Waals surface area contributed by atoms with Gasteiger partial charge in [0, 0.05) is 38.4 Å². The number of hydrogen-bond acceptors (Lipinski definition) is 5. The lowest BCUT2D eigenvalue weighted by molar-refractivity contribution is 0.178. The minimum absolute atomic E-state index is 0.288. The molecule has 0 atom stereocenters. The highest BCUT2D eigenvalue weighted by Crippen LogP contribution is 2.31. The van der Waals surface area contributed by atoms with Crippen molar-refractivity contribution in [1.29, 1.82) is 0 Å². The average Bonchev–Trinajstić information content (AvgIpc) is 2.78. The fraction of sp³-hybridized carbons (Fsp3) is 0.381. The molecule has 154 valence electrons. The molecule has 4 rings (SSSR count). The van der Waals surface area contributed by atoms with Crippen LogP contribution in [0.25, 0.3) is 0 Å². The molecule has 29 heavy (non-hydrogen) atoms. The van der Waals surface area contributed by atoms with Crippen LogP contribution in [0.1, 0.15) is 12.0 Å². The largest absolute Gasteiger partial charge is 0.452 e. The molecule has 8 heteroatoms. The number of para-hydroxylation sites is 1. The molecule has 2 aliphatic rings. The van der Waals surface area contributed by atoms with E-state index in [1.165, 1.54) is 7.11 Å². The molecule has 2 aliphatic heterocycles. The van der Waals surface area contributed by atoms with Crippen molar-refractivity contribution in [2.45, 2.75) is 17.7 Å². The van der Waals surface area contributed by atoms with Crippen molar-refractivity contribution in [3.8, 4) is 0 Å². The third-order valence-electron chi connectivity index (χ3n) is 5.56. The van der Waals surface area contributed by atoms with Gasteiger partial charge in [-0.15, -0.1) is 0 Å². The van der Waals surface area contributed by atoms with Gasteiger partial charge in [0.15, 0.2) is 0 Å². The van der Waals surface area contributed by atoms with Crippen LogP contribution in [-0.2, 0) is 21.2 Å². The van der Waals surface area contributed by atoms with Crippen LogP contribution in [0.4, 0.5) is 16.2 Å². The maximum atomic E-state index is 13.2. The van der Waals surface area contributed by atoms with Crippen LogP contribution in [0.2, 0.25) is 0 Å². The van der Waals surface area contributed by atoms with Crippen LogP contribution < -0.4 is 9.80 Å². The molecule has 0 aliphatic carbocycles. The second kappa shape index (κ2) is 8.04. The van der Waals surface area contributed by atoms with E-state index in [0.717, 1.165) is 29.8 Å². The zero-order valence-electron chi connectivity index (χ0n) is 16.5. The fourth-order valence-electron chi connectivity index (χ4n) is 4.01. The second-order valence-electron chi connectivity index (χ2n) is 7.24. The number of amides is 1. The van der Waals surface area contributed by atoms with E-state index < -0.39 is 16.1 Å². The van der Waals surface area contributed by atoms with Crippen molar-refractivity contribution in [1.82, 2.24) is 4.31 Å².